The molecule has 1 fully saturated rings. The van der Waals surface area contributed by atoms with Crippen LogP contribution in [0.5, 0.6) is 0 Å². The van der Waals surface area contributed by atoms with Crippen molar-refractivity contribution in [2.24, 2.45) is 11.8 Å². The largest absolute Gasteiger partial charge is 0.335 e. The van der Waals surface area contributed by atoms with Gasteiger partial charge in [0.15, 0.2) is 0 Å². The molecule has 18 heavy (non-hydrogen) atoms. The molecule has 1 atom stereocenters. The van der Waals surface area contributed by atoms with E-state index in [1.165, 1.54) is 63.3 Å². The van der Waals surface area contributed by atoms with Gasteiger partial charge in [-0.05, 0) is 57.7 Å². The van der Waals surface area contributed by atoms with E-state index in [-0.39, 0.29) is 0 Å². The Hall–Kier alpha value is -0.830. The SMILES string of the molecule is CC1CCn2cc(CC3CCN(C)CC3)nc2C1. The van der Waals surface area contributed by atoms with Gasteiger partial charge in [0.25, 0.3) is 0 Å². The second kappa shape index (κ2) is 5.04. The molecule has 2 aliphatic rings. The predicted octanol–water partition coefficient (Wildman–Crippen LogP) is 2.35. The lowest BCUT2D eigenvalue weighted by Crippen LogP contribution is -2.31. The van der Waals surface area contributed by atoms with Gasteiger partial charge in [0.1, 0.15) is 5.82 Å². The number of rotatable bonds is 2. The number of aryl methyl sites for hydroxylation is 1. The number of nitrogens with zero attached hydrogens (tertiary/aromatic N) is 3. The van der Waals surface area contributed by atoms with E-state index >= 15 is 0 Å². The van der Waals surface area contributed by atoms with Crippen LogP contribution in [-0.4, -0.2) is 34.6 Å². The maximum atomic E-state index is 4.86. The topological polar surface area (TPSA) is 21.1 Å². The molecule has 1 aromatic rings. The number of piperidine rings is 1. The van der Waals surface area contributed by atoms with Crippen molar-refractivity contribution >= 4 is 0 Å². The molecule has 0 aromatic carbocycles. The number of hydrogen-bond donors (Lipinski definition) is 0. The predicted molar refractivity (Wildman–Crippen MR) is 73.6 cm³/mol. The van der Waals surface area contributed by atoms with E-state index in [9.17, 15) is 0 Å². The Kier molecular flexibility index (Phi) is 3.42. The minimum Gasteiger partial charge on any atom is -0.335 e. The van der Waals surface area contributed by atoms with Gasteiger partial charge in [-0.2, -0.15) is 0 Å². The molecule has 0 amide bonds. The first kappa shape index (κ1) is 12.2. The second-order valence-electron chi connectivity index (χ2n) is 6.39. The normalized spacial score (nSPS) is 26.2. The van der Waals surface area contributed by atoms with Crippen LogP contribution in [0, 0.1) is 11.8 Å². The van der Waals surface area contributed by atoms with Crippen LogP contribution in [0.3, 0.4) is 0 Å². The molecule has 2 aliphatic heterocycles. The maximum Gasteiger partial charge on any atom is 0.109 e. The van der Waals surface area contributed by atoms with Gasteiger partial charge in [-0.1, -0.05) is 6.92 Å². The van der Waals surface area contributed by atoms with Crippen molar-refractivity contribution in [3.63, 3.8) is 0 Å². The molecule has 3 nitrogen and oxygen atoms in total. The van der Waals surface area contributed by atoms with Crippen molar-refractivity contribution in [2.45, 2.75) is 45.6 Å². The summed E-state index contributed by atoms with van der Waals surface area (Å²) in [6, 6.07) is 0. The molecule has 0 bridgehead atoms. The molecule has 1 aromatic heterocycles. The number of hydrogen-bond acceptors (Lipinski definition) is 2. The van der Waals surface area contributed by atoms with Crippen LogP contribution in [0.25, 0.3) is 0 Å². The van der Waals surface area contributed by atoms with Gasteiger partial charge in [0.05, 0.1) is 5.69 Å². The zero-order valence-electron chi connectivity index (χ0n) is 11.7. The van der Waals surface area contributed by atoms with Gasteiger partial charge in [0.2, 0.25) is 0 Å². The summed E-state index contributed by atoms with van der Waals surface area (Å²) in [5.41, 5.74) is 1.34. The lowest BCUT2D eigenvalue weighted by atomic mass is 9.93. The van der Waals surface area contributed by atoms with Crippen LogP contribution in [0.1, 0.15) is 37.7 Å². The van der Waals surface area contributed by atoms with Crippen LogP contribution in [-0.2, 0) is 19.4 Å². The lowest BCUT2D eigenvalue weighted by Gasteiger charge is -2.28. The first-order valence-corrected chi connectivity index (χ1v) is 7.44. The van der Waals surface area contributed by atoms with Crippen LogP contribution in [0.2, 0.25) is 0 Å². The molecule has 0 N–H and O–H groups in total. The summed E-state index contributed by atoms with van der Waals surface area (Å²) in [6.45, 7) is 6.04. The number of fused-ring (bicyclic) bond motifs is 1. The van der Waals surface area contributed by atoms with Gasteiger partial charge in [-0.15, -0.1) is 0 Å². The minimum absolute atomic E-state index is 0.816. The van der Waals surface area contributed by atoms with E-state index in [2.05, 4.69) is 29.6 Å². The Labute approximate surface area is 110 Å². The molecule has 1 unspecified atom stereocenters. The average Bonchev–Trinajstić information content (AvgIpc) is 2.73. The van der Waals surface area contributed by atoms with Crippen molar-refractivity contribution in [1.82, 2.24) is 14.5 Å². The van der Waals surface area contributed by atoms with Crippen LogP contribution in [0.15, 0.2) is 6.20 Å². The van der Waals surface area contributed by atoms with Gasteiger partial charge in [0, 0.05) is 19.2 Å². The zero-order valence-corrected chi connectivity index (χ0v) is 11.7. The van der Waals surface area contributed by atoms with Gasteiger partial charge in [-0.3, -0.25) is 0 Å². The standard InChI is InChI=1S/C15H25N3/c1-12-3-8-18-11-14(16-15(18)9-12)10-13-4-6-17(2)7-5-13/h11-13H,3-10H2,1-2H3. The molecule has 0 radical (unpaired) electrons. The van der Waals surface area contributed by atoms with Crippen molar-refractivity contribution in [1.29, 1.82) is 0 Å². The van der Waals surface area contributed by atoms with E-state index < -0.39 is 0 Å². The van der Waals surface area contributed by atoms with E-state index in [1.807, 2.05) is 0 Å². The third-order valence-corrected chi connectivity index (χ3v) is 4.64. The summed E-state index contributed by atoms with van der Waals surface area (Å²) in [5, 5.41) is 0. The van der Waals surface area contributed by atoms with E-state index in [4.69, 9.17) is 4.98 Å². The highest BCUT2D eigenvalue weighted by Gasteiger charge is 2.21. The molecular weight excluding hydrogens is 222 g/mol. The van der Waals surface area contributed by atoms with Crippen molar-refractivity contribution in [3.05, 3.63) is 17.7 Å². The molecule has 0 saturated carbocycles. The Balaban J connectivity index is 1.63. The molecule has 0 aliphatic carbocycles. The second-order valence-corrected chi connectivity index (χ2v) is 6.39. The van der Waals surface area contributed by atoms with E-state index in [0.717, 1.165) is 11.8 Å². The molecule has 3 heterocycles. The highest BCUT2D eigenvalue weighted by atomic mass is 15.1. The zero-order chi connectivity index (χ0) is 12.5. The summed E-state index contributed by atoms with van der Waals surface area (Å²) in [4.78, 5) is 7.30. The molecule has 0 spiro atoms. The third-order valence-electron chi connectivity index (χ3n) is 4.64. The van der Waals surface area contributed by atoms with Crippen LogP contribution >= 0.6 is 0 Å². The van der Waals surface area contributed by atoms with Crippen LogP contribution < -0.4 is 0 Å². The monoisotopic (exact) mass is 247 g/mol. The summed E-state index contributed by atoms with van der Waals surface area (Å²) in [5.74, 6) is 3.00. The first-order valence-electron chi connectivity index (χ1n) is 7.44. The van der Waals surface area contributed by atoms with E-state index in [1.54, 1.807) is 0 Å². The molecule has 100 valence electrons. The van der Waals surface area contributed by atoms with Gasteiger partial charge < -0.3 is 9.47 Å². The highest BCUT2D eigenvalue weighted by Crippen LogP contribution is 2.24. The van der Waals surface area contributed by atoms with Crippen molar-refractivity contribution < 1.29 is 0 Å². The number of likely N-dealkylation sites (tertiary alicyclic amines) is 1. The number of aromatic nitrogens is 2. The van der Waals surface area contributed by atoms with Crippen molar-refractivity contribution in [2.75, 3.05) is 20.1 Å². The Morgan fingerprint density at radius 3 is 2.78 bits per heavy atom. The average molecular weight is 247 g/mol. The fraction of sp³-hybridized carbons (Fsp3) is 0.800. The molecule has 1 saturated heterocycles. The Morgan fingerprint density at radius 1 is 1.22 bits per heavy atom. The van der Waals surface area contributed by atoms with Gasteiger partial charge >= 0.3 is 0 Å². The quantitative estimate of drug-likeness (QED) is 0.800. The lowest BCUT2D eigenvalue weighted by molar-refractivity contribution is 0.218. The minimum atomic E-state index is 0.816. The Bertz CT molecular complexity index is 402. The summed E-state index contributed by atoms with van der Waals surface area (Å²) < 4.78 is 2.39. The smallest absolute Gasteiger partial charge is 0.109 e. The highest BCUT2D eigenvalue weighted by molar-refractivity contribution is 5.08. The molecule has 3 rings (SSSR count). The molecule has 3 heteroatoms. The fourth-order valence-corrected chi connectivity index (χ4v) is 3.30. The third kappa shape index (κ3) is 2.61. The van der Waals surface area contributed by atoms with Gasteiger partial charge in [-0.25, -0.2) is 4.98 Å². The Morgan fingerprint density at radius 2 is 2.00 bits per heavy atom. The fourth-order valence-electron chi connectivity index (χ4n) is 3.30. The van der Waals surface area contributed by atoms with Crippen LogP contribution in [0.4, 0.5) is 0 Å². The summed E-state index contributed by atoms with van der Waals surface area (Å²) >= 11 is 0. The molecular formula is C15H25N3. The van der Waals surface area contributed by atoms with Crippen molar-refractivity contribution in [3.8, 4) is 0 Å². The summed E-state index contributed by atoms with van der Waals surface area (Å²) in [6.07, 6.45) is 8.69. The van der Waals surface area contributed by atoms with E-state index in [0.29, 0.717) is 0 Å². The summed E-state index contributed by atoms with van der Waals surface area (Å²) in [7, 11) is 2.23. The maximum absolute atomic E-state index is 4.86. The number of imidazole rings is 1. The first-order chi connectivity index (χ1) is 8.70.